The minimum atomic E-state index is -3.68. The Morgan fingerprint density at radius 2 is 2.22 bits per heavy atom. The van der Waals surface area contributed by atoms with Gasteiger partial charge in [0.05, 0.1) is 13.0 Å². The van der Waals surface area contributed by atoms with Gasteiger partial charge >= 0.3 is 0 Å². The Balaban J connectivity index is 1.84. The molecule has 1 aliphatic rings. The summed E-state index contributed by atoms with van der Waals surface area (Å²) in [5.74, 6) is 0.477. The van der Waals surface area contributed by atoms with Crippen molar-refractivity contribution in [1.82, 2.24) is 4.98 Å². The number of ether oxygens (including phenoxy) is 1. The van der Waals surface area contributed by atoms with Crippen LogP contribution in [0.25, 0.3) is 11.1 Å². The highest BCUT2D eigenvalue weighted by atomic mass is 35.5. The molecule has 0 amide bonds. The zero-order valence-corrected chi connectivity index (χ0v) is 14.1. The molecule has 1 aromatic carbocycles. The minimum Gasteiger partial charge on any atom is -0.497 e. The first kappa shape index (κ1) is 16.1. The fourth-order valence-electron chi connectivity index (χ4n) is 2.17. The number of hydrogen-bond donors (Lipinski definition) is 0. The molecule has 1 unspecified atom stereocenters. The third-order valence-corrected chi connectivity index (χ3v) is 5.62. The molecule has 0 spiro atoms. The van der Waals surface area contributed by atoms with E-state index in [4.69, 9.17) is 25.6 Å². The second-order valence-electron chi connectivity index (χ2n) is 5.54. The van der Waals surface area contributed by atoms with Crippen molar-refractivity contribution >= 4 is 37.6 Å². The van der Waals surface area contributed by atoms with Crippen molar-refractivity contribution in [3.63, 3.8) is 0 Å². The lowest BCUT2D eigenvalue weighted by molar-refractivity contribution is 0.0152. The van der Waals surface area contributed by atoms with Crippen molar-refractivity contribution in [2.45, 2.75) is 24.7 Å². The van der Waals surface area contributed by atoms with Gasteiger partial charge in [-0.3, -0.25) is 0 Å². The van der Waals surface area contributed by atoms with Crippen LogP contribution in [0, 0.1) is 0 Å². The van der Waals surface area contributed by atoms with E-state index in [2.05, 4.69) is 10.1 Å². The molecule has 1 atom stereocenters. The van der Waals surface area contributed by atoms with E-state index in [9.17, 15) is 8.42 Å². The predicted octanol–water partition coefficient (Wildman–Crippen LogP) is 2.48. The Bertz CT molecular complexity index is 876. The molecule has 0 saturated carbocycles. The third kappa shape index (κ3) is 3.13. The number of alkyl halides is 1. The number of oxazole rings is 1. The summed E-state index contributed by atoms with van der Waals surface area (Å²) in [5, 5.41) is 3.62. The van der Waals surface area contributed by atoms with Crippen molar-refractivity contribution < 1.29 is 22.4 Å². The number of nitrogens with zero attached hydrogens (tertiary/aromatic N) is 2. The number of aromatic nitrogens is 1. The highest BCUT2D eigenvalue weighted by molar-refractivity contribution is 8.05. The SMILES string of the molecule is COc1ccc2oc(CS(=O)(=O)C3=NOC(C)(CCl)C3)nc2c1. The Morgan fingerprint density at radius 3 is 2.87 bits per heavy atom. The summed E-state index contributed by atoms with van der Waals surface area (Å²) in [6, 6.07) is 5.07. The lowest BCUT2D eigenvalue weighted by Gasteiger charge is -2.16. The van der Waals surface area contributed by atoms with E-state index in [-0.39, 0.29) is 29.0 Å². The van der Waals surface area contributed by atoms with Crippen LogP contribution in [-0.4, -0.2) is 37.0 Å². The molecule has 0 aliphatic carbocycles. The van der Waals surface area contributed by atoms with Crippen molar-refractivity contribution in [3.8, 4) is 5.75 Å². The normalized spacial score (nSPS) is 21.3. The van der Waals surface area contributed by atoms with Crippen LogP contribution in [0.15, 0.2) is 27.8 Å². The van der Waals surface area contributed by atoms with Crippen molar-refractivity contribution in [3.05, 3.63) is 24.1 Å². The maximum absolute atomic E-state index is 12.4. The molecule has 0 saturated heterocycles. The number of benzene rings is 1. The summed E-state index contributed by atoms with van der Waals surface area (Å²) in [4.78, 5) is 9.31. The molecule has 0 bridgehead atoms. The molecule has 3 rings (SSSR count). The van der Waals surface area contributed by atoms with Crippen LogP contribution in [-0.2, 0) is 20.4 Å². The molecule has 2 heterocycles. The molecule has 2 aromatic rings. The molecule has 0 N–H and O–H groups in total. The summed E-state index contributed by atoms with van der Waals surface area (Å²) in [6.07, 6.45) is 0.132. The van der Waals surface area contributed by atoms with E-state index in [1.165, 1.54) is 0 Å². The fourth-order valence-corrected chi connectivity index (χ4v) is 3.61. The molecular weight excluding hydrogens is 344 g/mol. The monoisotopic (exact) mass is 358 g/mol. The van der Waals surface area contributed by atoms with Gasteiger partial charge in [-0.05, 0) is 19.1 Å². The van der Waals surface area contributed by atoms with Gasteiger partial charge in [0.15, 0.2) is 16.2 Å². The molecule has 1 aromatic heterocycles. The van der Waals surface area contributed by atoms with Crippen LogP contribution < -0.4 is 4.74 Å². The molecular formula is C14H15ClN2O5S. The highest BCUT2D eigenvalue weighted by Crippen LogP contribution is 2.28. The van der Waals surface area contributed by atoms with Crippen LogP contribution in [0.2, 0.25) is 0 Å². The van der Waals surface area contributed by atoms with E-state index < -0.39 is 15.4 Å². The first-order valence-corrected chi connectivity index (χ1v) is 9.01. The van der Waals surface area contributed by atoms with Crippen LogP contribution in [0.5, 0.6) is 5.75 Å². The zero-order valence-electron chi connectivity index (χ0n) is 12.6. The van der Waals surface area contributed by atoms with E-state index >= 15 is 0 Å². The molecule has 23 heavy (non-hydrogen) atoms. The quantitative estimate of drug-likeness (QED) is 0.780. The van der Waals surface area contributed by atoms with Crippen molar-refractivity contribution in [2.75, 3.05) is 13.0 Å². The van der Waals surface area contributed by atoms with E-state index in [1.807, 2.05) is 0 Å². The van der Waals surface area contributed by atoms with Gasteiger partial charge in [-0.1, -0.05) is 5.16 Å². The second kappa shape index (κ2) is 5.68. The molecule has 1 aliphatic heterocycles. The van der Waals surface area contributed by atoms with Crippen LogP contribution >= 0.6 is 11.6 Å². The molecule has 124 valence electrons. The Labute approximate surface area is 138 Å². The topological polar surface area (TPSA) is 91.0 Å². The Hall–Kier alpha value is -1.80. The highest BCUT2D eigenvalue weighted by Gasteiger charge is 2.39. The van der Waals surface area contributed by atoms with Gasteiger partial charge in [-0.2, -0.15) is 0 Å². The molecule has 0 fully saturated rings. The predicted molar refractivity (Wildman–Crippen MR) is 85.4 cm³/mol. The number of rotatable bonds is 4. The van der Waals surface area contributed by atoms with Crippen LogP contribution in [0.4, 0.5) is 0 Å². The van der Waals surface area contributed by atoms with Gasteiger partial charge < -0.3 is 14.0 Å². The summed E-state index contributed by atoms with van der Waals surface area (Å²) in [5.41, 5.74) is 0.231. The van der Waals surface area contributed by atoms with Gasteiger partial charge in [-0.25, -0.2) is 13.4 Å². The van der Waals surface area contributed by atoms with Crippen LogP contribution in [0.1, 0.15) is 19.2 Å². The number of oxime groups is 1. The van der Waals surface area contributed by atoms with Gasteiger partial charge in [0.2, 0.25) is 15.7 Å². The van der Waals surface area contributed by atoms with Gasteiger partial charge in [0.1, 0.15) is 17.0 Å². The zero-order chi connectivity index (χ0) is 16.7. The van der Waals surface area contributed by atoms with E-state index in [0.717, 1.165) is 0 Å². The number of fused-ring (bicyclic) bond motifs is 1. The average molecular weight is 359 g/mol. The minimum absolute atomic E-state index is 0.0412. The summed E-state index contributed by atoms with van der Waals surface area (Å²) < 4.78 is 35.4. The largest absolute Gasteiger partial charge is 0.497 e. The number of hydrogen-bond acceptors (Lipinski definition) is 7. The van der Waals surface area contributed by atoms with Crippen molar-refractivity contribution in [1.29, 1.82) is 0 Å². The fraction of sp³-hybridized carbons (Fsp3) is 0.429. The lowest BCUT2D eigenvalue weighted by atomic mass is 10.1. The number of methoxy groups -OCH3 is 1. The first-order chi connectivity index (χ1) is 10.8. The van der Waals surface area contributed by atoms with Crippen LogP contribution in [0.3, 0.4) is 0 Å². The molecule has 7 nitrogen and oxygen atoms in total. The summed E-state index contributed by atoms with van der Waals surface area (Å²) >= 11 is 5.77. The summed E-state index contributed by atoms with van der Waals surface area (Å²) in [6.45, 7) is 1.71. The standard InChI is InChI=1S/C14H15ClN2O5S/c1-14(8-15)6-13(17-22-14)23(18,19)7-12-16-10-5-9(20-2)3-4-11(10)21-12/h3-5H,6-8H2,1-2H3. The maximum atomic E-state index is 12.4. The van der Waals surface area contributed by atoms with Gasteiger partial charge in [-0.15, -0.1) is 11.6 Å². The third-order valence-electron chi connectivity index (χ3n) is 3.49. The lowest BCUT2D eigenvalue weighted by Crippen LogP contribution is -2.28. The van der Waals surface area contributed by atoms with E-state index in [1.54, 1.807) is 32.2 Å². The van der Waals surface area contributed by atoms with Crippen molar-refractivity contribution in [2.24, 2.45) is 5.16 Å². The summed E-state index contributed by atoms with van der Waals surface area (Å²) in [7, 11) is -2.14. The van der Waals surface area contributed by atoms with Gasteiger partial charge in [0, 0.05) is 12.5 Å². The smallest absolute Gasteiger partial charge is 0.211 e. The average Bonchev–Trinajstić information content (AvgIpc) is 3.10. The van der Waals surface area contributed by atoms with Gasteiger partial charge in [0.25, 0.3) is 0 Å². The number of sulfone groups is 1. The first-order valence-electron chi connectivity index (χ1n) is 6.82. The Morgan fingerprint density at radius 1 is 1.43 bits per heavy atom. The molecule has 9 heteroatoms. The Kier molecular flexibility index (Phi) is 3.97. The molecule has 0 radical (unpaired) electrons. The second-order valence-corrected chi connectivity index (χ2v) is 7.79. The number of halogens is 1. The van der Waals surface area contributed by atoms with E-state index in [0.29, 0.717) is 16.8 Å². The maximum Gasteiger partial charge on any atom is 0.211 e.